The van der Waals surface area contributed by atoms with Crippen LogP contribution in [0.4, 0.5) is 0 Å². The molecular formula is C36H34ClNO4. The Morgan fingerprint density at radius 3 is 1.90 bits per heavy atom. The number of ketones is 1. The lowest BCUT2D eigenvalue weighted by Crippen LogP contribution is -2.20. The standard InChI is InChI=1S/C20H18O.C16H16ClNO3/c21-20-18(14-16-8-3-1-4-9-16)12-7-13-19(20)15-17-10-5-2-6-11-17;17-15-11-5-6-18-8-13(9-1-3-10(19)4-2-9)12(11)7-14(20)16(15)21/h1-6,8-11,14-15H,7,12-13H2;1-4,7,13,18-21H,5-6,8H2. The maximum Gasteiger partial charge on any atom is 0.185 e. The van der Waals surface area contributed by atoms with Gasteiger partial charge < -0.3 is 20.6 Å². The molecule has 0 radical (unpaired) electrons. The van der Waals surface area contributed by atoms with Crippen LogP contribution in [-0.2, 0) is 11.2 Å². The molecule has 4 N–H and O–H groups in total. The Morgan fingerprint density at radius 2 is 1.33 bits per heavy atom. The van der Waals surface area contributed by atoms with Crippen LogP contribution in [-0.4, -0.2) is 34.2 Å². The van der Waals surface area contributed by atoms with Crippen LogP contribution in [0.2, 0.25) is 5.02 Å². The number of rotatable bonds is 3. The molecule has 2 aliphatic rings. The molecule has 5 nitrogen and oxygen atoms in total. The zero-order chi connectivity index (χ0) is 29.5. The van der Waals surface area contributed by atoms with Crippen molar-refractivity contribution in [1.82, 2.24) is 5.32 Å². The van der Waals surface area contributed by atoms with E-state index in [1.165, 1.54) is 0 Å². The van der Waals surface area contributed by atoms with E-state index < -0.39 is 0 Å². The largest absolute Gasteiger partial charge is 0.508 e. The number of hydrogen-bond acceptors (Lipinski definition) is 5. The SMILES string of the molecule is O=C1C(=Cc2ccccc2)CCCC1=Cc1ccccc1.Oc1ccc(C2CNCCc3c2cc(O)c(O)c3Cl)cc1. The van der Waals surface area contributed by atoms with E-state index in [9.17, 15) is 20.1 Å². The molecule has 0 bridgehead atoms. The van der Waals surface area contributed by atoms with Gasteiger partial charge in [-0.25, -0.2) is 0 Å². The summed E-state index contributed by atoms with van der Waals surface area (Å²) in [6, 6.07) is 28.7. The van der Waals surface area contributed by atoms with Crippen molar-refractivity contribution in [2.75, 3.05) is 13.1 Å². The van der Waals surface area contributed by atoms with E-state index in [4.69, 9.17) is 11.6 Å². The van der Waals surface area contributed by atoms with Gasteiger partial charge in [0.2, 0.25) is 0 Å². The monoisotopic (exact) mass is 579 g/mol. The van der Waals surface area contributed by atoms with Crippen LogP contribution in [0.15, 0.2) is 102 Å². The summed E-state index contributed by atoms with van der Waals surface area (Å²) in [6.45, 7) is 1.46. The minimum absolute atomic E-state index is 0.00657. The Morgan fingerprint density at radius 1 is 0.762 bits per heavy atom. The van der Waals surface area contributed by atoms with Gasteiger partial charge in [0.25, 0.3) is 0 Å². The number of hydrogen-bond donors (Lipinski definition) is 4. The molecule has 1 aliphatic heterocycles. The molecule has 0 aromatic heterocycles. The highest BCUT2D eigenvalue weighted by molar-refractivity contribution is 6.33. The molecule has 6 rings (SSSR count). The van der Waals surface area contributed by atoms with E-state index in [1.807, 2.05) is 84.9 Å². The maximum atomic E-state index is 12.6. The summed E-state index contributed by atoms with van der Waals surface area (Å²) in [7, 11) is 0. The number of phenolic OH excluding ortho intramolecular Hbond substituents is 3. The predicted octanol–water partition coefficient (Wildman–Crippen LogP) is 7.64. The van der Waals surface area contributed by atoms with Crippen LogP contribution < -0.4 is 5.32 Å². The molecule has 42 heavy (non-hydrogen) atoms. The van der Waals surface area contributed by atoms with E-state index in [0.717, 1.165) is 64.8 Å². The van der Waals surface area contributed by atoms with Crippen molar-refractivity contribution in [3.8, 4) is 17.2 Å². The third-order valence-electron chi connectivity index (χ3n) is 7.68. The summed E-state index contributed by atoms with van der Waals surface area (Å²) in [6.07, 6.45) is 7.54. The number of allylic oxidation sites excluding steroid dienone is 2. The van der Waals surface area contributed by atoms with Crippen molar-refractivity contribution in [3.63, 3.8) is 0 Å². The summed E-state index contributed by atoms with van der Waals surface area (Å²) in [5.74, 6) is -0.0422. The molecule has 1 unspecified atom stereocenters. The predicted molar refractivity (Wildman–Crippen MR) is 169 cm³/mol. The highest BCUT2D eigenvalue weighted by Gasteiger charge is 2.25. The van der Waals surface area contributed by atoms with Crippen molar-refractivity contribution in [1.29, 1.82) is 0 Å². The first-order valence-electron chi connectivity index (χ1n) is 14.2. The normalized spacial score (nSPS) is 18.6. The van der Waals surface area contributed by atoms with Gasteiger partial charge in [0.1, 0.15) is 5.75 Å². The lowest BCUT2D eigenvalue weighted by Gasteiger charge is -2.20. The number of fused-ring (bicyclic) bond motifs is 1. The van der Waals surface area contributed by atoms with Gasteiger partial charge in [-0.05, 0) is 90.4 Å². The molecule has 1 heterocycles. The van der Waals surface area contributed by atoms with Crippen molar-refractivity contribution in [2.45, 2.75) is 31.6 Å². The maximum absolute atomic E-state index is 12.6. The fourth-order valence-electron chi connectivity index (χ4n) is 5.50. The fraction of sp³-hybridized carbons (Fsp3) is 0.194. The highest BCUT2D eigenvalue weighted by Crippen LogP contribution is 2.42. The molecule has 214 valence electrons. The minimum atomic E-state index is -0.262. The molecule has 0 saturated heterocycles. The number of phenols is 3. The van der Waals surface area contributed by atoms with Crippen molar-refractivity contribution >= 4 is 29.5 Å². The molecule has 0 amide bonds. The average Bonchev–Trinajstić information content (AvgIpc) is 3.22. The quantitative estimate of drug-likeness (QED) is 0.148. The molecule has 1 atom stereocenters. The molecule has 4 aromatic carbocycles. The Bertz CT molecular complexity index is 1540. The first-order chi connectivity index (χ1) is 20.4. The number of nitrogens with one attached hydrogen (secondary N) is 1. The van der Waals surface area contributed by atoms with Crippen LogP contribution in [0.1, 0.15) is 53.0 Å². The van der Waals surface area contributed by atoms with E-state index in [-0.39, 0.29) is 34.0 Å². The van der Waals surface area contributed by atoms with E-state index in [1.54, 1.807) is 18.2 Å². The molecule has 0 spiro atoms. The third kappa shape index (κ3) is 6.93. The average molecular weight is 580 g/mol. The van der Waals surface area contributed by atoms with Gasteiger partial charge in [0, 0.05) is 23.6 Å². The van der Waals surface area contributed by atoms with Gasteiger partial charge in [0.05, 0.1) is 5.02 Å². The number of benzene rings is 4. The number of carbonyl (C=O) groups excluding carboxylic acids is 1. The van der Waals surface area contributed by atoms with Crippen LogP contribution in [0, 0.1) is 0 Å². The molecule has 4 aromatic rings. The second-order valence-electron chi connectivity index (χ2n) is 10.6. The van der Waals surface area contributed by atoms with Crippen LogP contribution in [0.3, 0.4) is 0 Å². The molecular weight excluding hydrogens is 546 g/mol. The van der Waals surface area contributed by atoms with E-state index >= 15 is 0 Å². The first-order valence-corrected chi connectivity index (χ1v) is 14.6. The van der Waals surface area contributed by atoms with Gasteiger partial charge in [0.15, 0.2) is 17.3 Å². The summed E-state index contributed by atoms with van der Waals surface area (Å²) in [5.41, 5.74) is 6.83. The van der Waals surface area contributed by atoms with Crippen molar-refractivity contribution in [2.24, 2.45) is 0 Å². The van der Waals surface area contributed by atoms with E-state index in [0.29, 0.717) is 13.0 Å². The number of carbonyl (C=O) groups is 1. The lowest BCUT2D eigenvalue weighted by molar-refractivity contribution is -0.112. The van der Waals surface area contributed by atoms with Gasteiger partial charge in [-0.15, -0.1) is 0 Å². The van der Waals surface area contributed by atoms with Crippen LogP contribution >= 0.6 is 11.6 Å². The summed E-state index contributed by atoms with van der Waals surface area (Å²) >= 11 is 6.19. The van der Waals surface area contributed by atoms with E-state index in [2.05, 4.69) is 5.32 Å². The first kappa shape index (κ1) is 29.2. The summed E-state index contributed by atoms with van der Waals surface area (Å²) in [4.78, 5) is 12.6. The zero-order valence-electron chi connectivity index (χ0n) is 23.3. The highest BCUT2D eigenvalue weighted by atomic mass is 35.5. The summed E-state index contributed by atoms with van der Waals surface area (Å²) < 4.78 is 0. The molecule has 1 aliphatic carbocycles. The second-order valence-corrected chi connectivity index (χ2v) is 10.9. The van der Waals surface area contributed by atoms with Crippen molar-refractivity contribution < 1.29 is 20.1 Å². The van der Waals surface area contributed by atoms with Crippen molar-refractivity contribution in [3.05, 3.63) is 135 Å². The number of Topliss-reactive ketones (excluding diaryl/α,β-unsaturated/α-hetero) is 1. The smallest absolute Gasteiger partial charge is 0.185 e. The van der Waals surface area contributed by atoms with Crippen LogP contribution in [0.25, 0.3) is 12.2 Å². The Kier molecular flexibility index (Phi) is 9.42. The zero-order valence-corrected chi connectivity index (χ0v) is 24.0. The Balaban J connectivity index is 0.000000168. The van der Waals surface area contributed by atoms with Gasteiger partial charge in [-0.3, -0.25) is 4.79 Å². The second kappa shape index (κ2) is 13.6. The number of halogens is 1. The Hall–Kier alpha value is -4.32. The molecule has 1 fully saturated rings. The minimum Gasteiger partial charge on any atom is -0.508 e. The van der Waals surface area contributed by atoms with Gasteiger partial charge in [-0.1, -0.05) is 84.4 Å². The fourth-order valence-corrected chi connectivity index (χ4v) is 5.80. The third-order valence-corrected chi connectivity index (χ3v) is 8.09. The lowest BCUT2D eigenvalue weighted by atomic mass is 9.87. The van der Waals surface area contributed by atoms with Crippen LogP contribution in [0.5, 0.6) is 17.2 Å². The van der Waals surface area contributed by atoms with Gasteiger partial charge >= 0.3 is 0 Å². The summed E-state index contributed by atoms with van der Waals surface area (Å²) in [5, 5.41) is 32.7. The van der Waals surface area contributed by atoms with Gasteiger partial charge in [-0.2, -0.15) is 0 Å². The molecule has 6 heteroatoms. The Labute approximate surface area is 251 Å². The topological polar surface area (TPSA) is 89.8 Å². The number of aromatic hydroxyl groups is 3. The molecule has 1 saturated carbocycles.